The number of anilines is 1. The summed E-state index contributed by atoms with van der Waals surface area (Å²) in [5.74, 6) is 0.915. The van der Waals surface area contributed by atoms with Crippen molar-refractivity contribution < 1.29 is 24.5 Å². The summed E-state index contributed by atoms with van der Waals surface area (Å²) in [5.41, 5.74) is 10.5. The van der Waals surface area contributed by atoms with Crippen LogP contribution in [0.15, 0.2) is 30.9 Å². The van der Waals surface area contributed by atoms with Crippen molar-refractivity contribution in [2.45, 2.75) is 37.0 Å². The first-order valence-electron chi connectivity index (χ1n) is 9.75. The number of ether oxygens (including phenoxy) is 2. The maximum absolute atomic E-state index is 10.5. The van der Waals surface area contributed by atoms with E-state index in [0.717, 1.165) is 5.56 Å². The summed E-state index contributed by atoms with van der Waals surface area (Å²) in [4.78, 5) is 17.8. The van der Waals surface area contributed by atoms with Gasteiger partial charge in [0.05, 0.1) is 24.0 Å². The molecule has 0 radical (unpaired) electrons. The molecule has 0 amide bonds. The number of fused-ring (bicyclic) bond motifs is 2. The molecule has 2 aliphatic heterocycles. The van der Waals surface area contributed by atoms with Crippen LogP contribution in [-0.2, 0) is 16.0 Å². The van der Waals surface area contributed by atoms with E-state index < -0.39 is 24.5 Å². The average molecular weight is 449 g/mol. The molecule has 4 heterocycles. The summed E-state index contributed by atoms with van der Waals surface area (Å²) in [7, 11) is 0. The van der Waals surface area contributed by atoms with Gasteiger partial charge in [-0.2, -0.15) is 5.48 Å². The van der Waals surface area contributed by atoms with Gasteiger partial charge in [0.25, 0.3) is 0 Å². The van der Waals surface area contributed by atoms with Crippen LogP contribution in [0, 0.1) is 0 Å². The number of aliphatic hydroxyl groups excluding tert-OH is 2. The molecule has 0 saturated carbocycles. The van der Waals surface area contributed by atoms with E-state index in [2.05, 4.69) is 20.4 Å². The molecule has 5 atom stereocenters. The topological polar surface area (TPSA) is 150 Å². The minimum atomic E-state index is -1.20. The zero-order chi connectivity index (χ0) is 21.5. The molecule has 5 N–H and O–H groups in total. The highest BCUT2D eigenvalue weighted by Crippen LogP contribution is 2.33. The second kappa shape index (κ2) is 8.19. The lowest BCUT2D eigenvalue weighted by molar-refractivity contribution is -0.0955. The highest BCUT2D eigenvalue weighted by molar-refractivity contribution is 6.32. The maximum Gasteiger partial charge on any atom is 0.167 e. The fourth-order valence-corrected chi connectivity index (χ4v) is 4.11. The lowest BCUT2D eigenvalue weighted by Crippen LogP contribution is -2.42. The number of rotatable bonds is 5. The number of hydrogen-bond donors (Lipinski definition) is 4. The molecular formula is C19H21ClN6O5. The molecule has 0 spiro atoms. The van der Waals surface area contributed by atoms with Gasteiger partial charge in [-0.15, -0.1) is 0 Å². The van der Waals surface area contributed by atoms with E-state index in [0.29, 0.717) is 35.0 Å². The van der Waals surface area contributed by atoms with Crippen LogP contribution in [0.2, 0.25) is 5.02 Å². The Bertz CT molecular complexity index is 1100. The second-order valence-corrected chi connectivity index (χ2v) is 7.91. The molecule has 0 aliphatic carbocycles. The smallest absolute Gasteiger partial charge is 0.167 e. The van der Waals surface area contributed by atoms with E-state index in [4.69, 9.17) is 31.6 Å². The first-order valence-corrected chi connectivity index (χ1v) is 10.1. The lowest BCUT2D eigenvalue weighted by Gasteiger charge is -2.27. The number of para-hydroxylation sites is 1. The molecule has 164 valence electrons. The van der Waals surface area contributed by atoms with Crippen LogP contribution in [0.3, 0.4) is 0 Å². The van der Waals surface area contributed by atoms with E-state index in [1.807, 2.05) is 12.1 Å². The summed E-state index contributed by atoms with van der Waals surface area (Å²) in [6.07, 6.45) is -0.600. The van der Waals surface area contributed by atoms with Crippen molar-refractivity contribution in [1.82, 2.24) is 25.0 Å². The van der Waals surface area contributed by atoms with Crippen LogP contribution < -0.4 is 16.0 Å². The van der Waals surface area contributed by atoms with E-state index in [9.17, 15) is 10.2 Å². The van der Waals surface area contributed by atoms with Gasteiger partial charge in [0, 0.05) is 0 Å². The van der Waals surface area contributed by atoms with Crippen LogP contribution in [-0.4, -0.2) is 67.3 Å². The van der Waals surface area contributed by atoms with Crippen molar-refractivity contribution in [3.05, 3.63) is 41.4 Å². The Balaban J connectivity index is 1.21. The van der Waals surface area contributed by atoms with Crippen LogP contribution in [0.1, 0.15) is 11.8 Å². The SMILES string of the molecule is Nc1ncnc2c1ncn2[C@@H]1O[C@H](CONC2COc3c(Cl)cccc3C2)[C@@H](O)[C@H]1O. The number of hydrogen-bond acceptors (Lipinski definition) is 10. The minimum absolute atomic E-state index is 0.0113. The standard InChI is InChI=1S/C19H21ClN6O5/c20-11-3-1-2-9-4-10(5-29-16(9)11)25-30-6-12-14(27)15(28)19(31-12)26-8-24-13-17(21)22-7-23-18(13)26/h1-3,7-8,10,12,14-15,19,25,27-28H,4-6H2,(H2,21,22,23)/t10?,12-,14-,15-,19-/m1/s1. The number of aromatic nitrogens is 4. The monoisotopic (exact) mass is 448 g/mol. The van der Waals surface area contributed by atoms with E-state index in [1.54, 1.807) is 6.07 Å². The lowest BCUT2D eigenvalue weighted by atomic mass is 10.0. The number of nitrogen functional groups attached to an aromatic ring is 1. The molecule has 5 rings (SSSR count). The molecular weight excluding hydrogens is 428 g/mol. The fraction of sp³-hybridized carbons (Fsp3) is 0.421. The Hall–Kier alpha value is -2.54. The molecule has 0 bridgehead atoms. The largest absolute Gasteiger partial charge is 0.490 e. The van der Waals surface area contributed by atoms with Gasteiger partial charge in [-0.25, -0.2) is 15.0 Å². The number of benzene rings is 1. The third-order valence-corrected chi connectivity index (χ3v) is 5.74. The van der Waals surface area contributed by atoms with Crippen LogP contribution in [0.5, 0.6) is 5.75 Å². The molecule has 31 heavy (non-hydrogen) atoms. The Kier molecular flexibility index (Phi) is 5.38. The van der Waals surface area contributed by atoms with Crippen molar-refractivity contribution in [3.8, 4) is 5.75 Å². The normalized spacial score (nSPS) is 27.9. The van der Waals surface area contributed by atoms with Gasteiger partial charge < -0.3 is 25.4 Å². The predicted molar refractivity (Wildman–Crippen MR) is 109 cm³/mol. The third-order valence-electron chi connectivity index (χ3n) is 5.44. The zero-order valence-electron chi connectivity index (χ0n) is 16.3. The fourth-order valence-electron chi connectivity index (χ4n) is 3.86. The first kappa shape index (κ1) is 20.4. The number of aliphatic hydroxyl groups is 2. The molecule has 1 fully saturated rings. The van der Waals surface area contributed by atoms with E-state index in [1.165, 1.54) is 17.2 Å². The first-order chi connectivity index (χ1) is 15.0. The predicted octanol–water partition coefficient (Wildman–Crippen LogP) is 0.206. The summed E-state index contributed by atoms with van der Waals surface area (Å²) >= 11 is 6.15. The molecule has 12 heteroatoms. The summed E-state index contributed by atoms with van der Waals surface area (Å²) in [5, 5.41) is 21.5. The van der Waals surface area contributed by atoms with Crippen LogP contribution in [0.25, 0.3) is 11.2 Å². The molecule has 1 unspecified atom stereocenters. The van der Waals surface area contributed by atoms with Gasteiger partial charge in [-0.1, -0.05) is 23.7 Å². The Morgan fingerprint density at radius 3 is 3.00 bits per heavy atom. The third kappa shape index (κ3) is 3.69. The summed E-state index contributed by atoms with van der Waals surface area (Å²) < 4.78 is 13.1. The van der Waals surface area contributed by atoms with Gasteiger partial charge >= 0.3 is 0 Å². The summed E-state index contributed by atoms with van der Waals surface area (Å²) in [6.45, 7) is 0.398. The average Bonchev–Trinajstić information content (AvgIpc) is 3.31. The van der Waals surface area contributed by atoms with Crippen molar-refractivity contribution in [2.75, 3.05) is 18.9 Å². The van der Waals surface area contributed by atoms with Crippen molar-refractivity contribution in [2.24, 2.45) is 0 Å². The van der Waals surface area contributed by atoms with Crippen molar-refractivity contribution in [1.29, 1.82) is 0 Å². The molecule has 1 saturated heterocycles. The summed E-state index contributed by atoms with van der Waals surface area (Å²) in [6, 6.07) is 5.51. The number of nitrogens with two attached hydrogens (primary N) is 1. The van der Waals surface area contributed by atoms with Gasteiger partial charge in [-0.05, 0) is 18.1 Å². The zero-order valence-corrected chi connectivity index (χ0v) is 17.0. The Morgan fingerprint density at radius 2 is 2.13 bits per heavy atom. The van der Waals surface area contributed by atoms with Gasteiger partial charge in [0.1, 0.15) is 42.5 Å². The second-order valence-electron chi connectivity index (χ2n) is 7.50. The Morgan fingerprint density at radius 1 is 1.26 bits per heavy atom. The van der Waals surface area contributed by atoms with Crippen LogP contribution >= 0.6 is 11.6 Å². The van der Waals surface area contributed by atoms with Crippen LogP contribution in [0.4, 0.5) is 5.82 Å². The van der Waals surface area contributed by atoms with Gasteiger partial charge in [0.15, 0.2) is 17.7 Å². The minimum Gasteiger partial charge on any atom is -0.490 e. The quantitative estimate of drug-likeness (QED) is 0.399. The number of nitrogens with one attached hydrogen (secondary N) is 1. The number of nitrogens with zero attached hydrogens (tertiary/aromatic N) is 4. The molecule has 3 aromatic rings. The highest BCUT2D eigenvalue weighted by atomic mass is 35.5. The molecule has 2 aromatic heterocycles. The highest BCUT2D eigenvalue weighted by Gasteiger charge is 2.44. The number of halogens is 1. The van der Waals surface area contributed by atoms with Gasteiger partial charge in [0.2, 0.25) is 0 Å². The van der Waals surface area contributed by atoms with E-state index in [-0.39, 0.29) is 18.5 Å². The van der Waals surface area contributed by atoms with Gasteiger partial charge in [-0.3, -0.25) is 9.40 Å². The molecule has 11 nitrogen and oxygen atoms in total. The van der Waals surface area contributed by atoms with Crippen molar-refractivity contribution >= 4 is 28.6 Å². The van der Waals surface area contributed by atoms with E-state index >= 15 is 0 Å². The van der Waals surface area contributed by atoms with Crippen molar-refractivity contribution in [3.63, 3.8) is 0 Å². The number of imidazole rings is 1. The molecule has 1 aromatic carbocycles. The molecule has 2 aliphatic rings. The maximum atomic E-state index is 10.5. The Labute approximate surface area is 181 Å². The number of hydroxylamine groups is 1.